The van der Waals surface area contributed by atoms with Crippen molar-refractivity contribution in [2.75, 3.05) is 19.6 Å². The van der Waals surface area contributed by atoms with Crippen molar-refractivity contribution in [3.8, 4) is 0 Å². The minimum atomic E-state index is -1.56. The molecule has 7 nitrogen and oxygen atoms in total. The molecule has 0 saturated carbocycles. The smallest absolute Gasteiger partial charge is 0.372 e. The Kier molecular flexibility index (Phi) is 8.92. The molecule has 0 aliphatic carbocycles. The zero-order chi connectivity index (χ0) is 19.7. The first-order valence-corrected chi connectivity index (χ1v) is 9.12. The highest BCUT2D eigenvalue weighted by Crippen LogP contribution is 2.33. The number of carbonyl (C=O) groups is 2. The quantitative estimate of drug-likeness (QED) is 0.346. The van der Waals surface area contributed by atoms with Crippen LogP contribution in [-0.4, -0.2) is 46.3 Å². The van der Waals surface area contributed by atoms with E-state index in [0.717, 1.165) is 25.9 Å². The lowest BCUT2D eigenvalue weighted by Gasteiger charge is -2.22. The fourth-order valence-corrected chi connectivity index (χ4v) is 3.30. The Hall–Kier alpha value is -2.28. The maximum atomic E-state index is 12.1. The number of carbonyl (C=O) groups excluding carboxylic acids is 1. The molecular weight excluding hydrogens is 336 g/mol. The number of carboxylic acid groups (broad SMARTS) is 1. The van der Waals surface area contributed by atoms with Gasteiger partial charge in [-0.2, -0.15) is 0 Å². The molecule has 0 heterocycles. The van der Waals surface area contributed by atoms with Crippen LogP contribution in [0.25, 0.3) is 0 Å². The monoisotopic (exact) mass is 364 g/mol. The second-order valence-corrected chi connectivity index (χ2v) is 6.33. The molecule has 26 heavy (non-hydrogen) atoms. The summed E-state index contributed by atoms with van der Waals surface area (Å²) in [5, 5.41) is 20.6. The van der Waals surface area contributed by atoms with Crippen LogP contribution in [0.4, 0.5) is 5.69 Å². The van der Waals surface area contributed by atoms with Crippen molar-refractivity contribution in [1.29, 1.82) is 0 Å². The first kappa shape index (κ1) is 21.8. The minimum absolute atomic E-state index is 0.179. The van der Waals surface area contributed by atoms with E-state index >= 15 is 0 Å². The summed E-state index contributed by atoms with van der Waals surface area (Å²) in [6.45, 7) is 8.45. The largest absolute Gasteiger partial charge is 0.475 e. The highest BCUT2D eigenvalue weighted by Gasteiger charge is 2.32. The summed E-state index contributed by atoms with van der Waals surface area (Å²) in [5.41, 5.74) is 0.750. The second kappa shape index (κ2) is 10.7. The summed E-state index contributed by atoms with van der Waals surface area (Å²) in [4.78, 5) is 36.5. The number of Topliss-reactive ketones (excluding diaryl/α,β-unsaturated/α-hetero) is 1. The summed E-state index contributed by atoms with van der Waals surface area (Å²) in [7, 11) is 0. The van der Waals surface area contributed by atoms with Crippen LogP contribution >= 0.6 is 0 Å². The number of hydrogen-bond donors (Lipinski definition) is 1. The van der Waals surface area contributed by atoms with Gasteiger partial charge >= 0.3 is 5.97 Å². The summed E-state index contributed by atoms with van der Waals surface area (Å²) >= 11 is 0. The summed E-state index contributed by atoms with van der Waals surface area (Å²) in [6.07, 6.45) is 2.77. The molecule has 0 aliphatic heterocycles. The zero-order valence-electron chi connectivity index (χ0n) is 15.7. The van der Waals surface area contributed by atoms with E-state index in [9.17, 15) is 19.7 Å². The topological polar surface area (TPSA) is 101 Å². The molecule has 1 unspecified atom stereocenters. The average Bonchev–Trinajstić information content (AvgIpc) is 2.60. The standard InChI is InChI=1S/C19H28N2O5/c1-4-11-20(12-5-2)13-10-14-8-7-9-16(21(25)26)17(14)15(6-3)18(22)19(23)24/h7-9,15H,4-6,10-13H2,1-3H3,(H,23,24). The molecule has 1 aromatic carbocycles. The molecule has 0 saturated heterocycles. The molecule has 7 heteroatoms. The summed E-state index contributed by atoms with van der Waals surface area (Å²) < 4.78 is 0. The molecule has 0 amide bonds. The van der Waals surface area contributed by atoms with Crippen LogP contribution in [0, 0.1) is 10.1 Å². The molecule has 0 fully saturated rings. The van der Waals surface area contributed by atoms with Crippen LogP contribution in [0.2, 0.25) is 0 Å². The van der Waals surface area contributed by atoms with Gasteiger partial charge in [0.25, 0.3) is 5.69 Å². The van der Waals surface area contributed by atoms with Gasteiger partial charge in [0.1, 0.15) is 0 Å². The third-order valence-electron chi connectivity index (χ3n) is 4.43. The van der Waals surface area contributed by atoms with Gasteiger partial charge in [0, 0.05) is 18.2 Å². The van der Waals surface area contributed by atoms with Gasteiger partial charge < -0.3 is 10.0 Å². The molecule has 1 atom stereocenters. The number of ketones is 1. The minimum Gasteiger partial charge on any atom is -0.475 e. The lowest BCUT2D eigenvalue weighted by molar-refractivity contribution is -0.385. The van der Waals surface area contributed by atoms with E-state index in [4.69, 9.17) is 5.11 Å². The Balaban J connectivity index is 3.26. The van der Waals surface area contributed by atoms with Crippen LogP contribution in [0.15, 0.2) is 18.2 Å². The van der Waals surface area contributed by atoms with E-state index in [0.29, 0.717) is 18.5 Å². The first-order valence-electron chi connectivity index (χ1n) is 9.12. The van der Waals surface area contributed by atoms with Gasteiger partial charge in [0.15, 0.2) is 0 Å². The Morgan fingerprint density at radius 1 is 1.15 bits per heavy atom. The summed E-state index contributed by atoms with van der Waals surface area (Å²) in [5.74, 6) is -3.56. The van der Waals surface area contributed by atoms with E-state index in [2.05, 4.69) is 18.7 Å². The predicted molar refractivity (Wildman–Crippen MR) is 99.5 cm³/mol. The number of nitro groups is 1. The number of rotatable bonds is 12. The van der Waals surface area contributed by atoms with E-state index in [-0.39, 0.29) is 17.7 Å². The molecule has 0 spiro atoms. The maximum Gasteiger partial charge on any atom is 0.372 e. The van der Waals surface area contributed by atoms with Gasteiger partial charge in [-0.3, -0.25) is 14.9 Å². The average molecular weight is 364 g/mol. The molecule has 1 N–H and O–H groups in total. The van der Waals surface area contributed by atoms with Crippen LogP contribution in [0.3, 0.4) is 0 Å². The number of hydrogen-bond acceptors (Lipinski definition) is 5. The Morgan fingerprint density at radius 3 is 2.23 bits per heavy atom. The summed E-state index contributed by atoms with van der Waals surface area (Å²) in [6, 6.07) is 4.70. The van der Waals surface area contributed by atoms with Crippen molar-refractivity contribution < 1.29 is 19.6 Å². The van der Waals surface area contributed by atoms with Gasteiger partial charge in [-0.05, 0) is 44.3 Å². The second-order valence-electron chi connectivity index (χ2n) is 6.33. The van der Waals surface area contributed by atoms with Crippen molar-refractivity contribution in [1.82, 2.24) is 4.90 Å². The van der Waals surface area contributed by atoms with Gasteiger partial charge in [0.05, 0.1) is 10.8 Å². The van der Waals surface area contributed by atoms with Crippen LogP contribution < -0.4 is 0 Å². The van der Waals surface area contributed by atoms with E-state index in [1.807, 2.05) is 0 Å². The number of aliphatic carboxylic acids is 1. The molecule has 0 aliphatic rings. The lowest BCUT2D eigenvalue weighted by atomic mass is 9.86. The molecule has 0 aromatic heterocycles. The molecule has 144 valence electrons. The Bertz CT molecular complexity index is 639. The van der Waals surface area contributed by atoms with E-state index in [1.165, 1.54) is 6.07 Å². The van der Waals surface area contributed by atoms with Crippen LogP contribution in [-0.2, 0) is 16.0 Å². The van der Waals surface area contributed by atoms with Crippen molar-refractivity contribution >= 4 is 17.4 Å². The van der Waals surface area contributed by atoms with Crippen LogP contribution in [0.1, 0.15) is 57.1 Å². The zero-order valence-corrected chi connectivity index (χ0v) is 15.7. The van der Waals surface area contributed by atoms with Crippen molar-refractivity contribution in [3.05, 3.63) is 39.4 Å². The Morgan fingerprint density at radius 2 is 1.77 bits per heavy atom. The van der Waals surface area contributed by atoms with E-state index in [1.54, 1.807) is 19.1 Å². The highest BCUT2D eigenvalue weighted by atomic mass is 16.6. The number of benzene rings is 1. The first-order chi connectivity index (χ1) is 12.4. The van der Waals surface area contributed by atoms with Crippen LogP contribution in [0.5, 0.6) is 0 Å². The van der Waals surface area contributed by atoms with E-state index < -0.39 is 22.6 Å². The van der Waals surface area contributed by atoms with Gasteiger partial charge in [-0.15, -0.1) is 0 Å². The molecular formula is C19H28N2O5. The molecule has 0 radical (unpaired) electrons. The molecule has 1 rings (SSSR count). The SMILES string of the molecule is CCCN(CCC)CCc1cccc([N+](=O)[O-])c1C(CC)C(=O)C(=O)O. The normalized spacial score (nSPS) is 12.2. The maximum absolute atomic E-state index is 12.1. The van der Waals surface area contributed by atoms with Crippen molar-refractivity contribution in [2.45, 2.75) is 52.4 Å². The van der Waals surface area contributed by atoms with Gasteiger partial charge in [-0.25, -0.2) is 4.79 Å². The number of nitro benzene ring substituents is 1. The third kappa shape index (κ3) is 5.62. The molecule has 1 aromatic rings. The van der Waals surface area contributed by atoms with Crippen molar-refractivity contribution in [2.24, 2.45) is 0 Å². The Labute approximate surface area is 154 Å². The lowest BCUT2D eigenvalue weighted by Crippen LogP contribution is -2.29. The third-order valence-corrected chi connectivity index (χ3v) is 4.43. The van der Waals surface area contributed by atoms with Gasteiger partial charge in [-0.1, -0.05) is 32.9 Å². The predicted octanol–water partition coefficient (Wildman–Crippen LogP) is 3.41. The van der Waals surface area contributed by atoms with Crippen molar-refractivity contribution in [3.63, 3.8) is 0 Å². The van der Waals surface area contributed by atoms with Gasteiger partial charge in [0.2, 0.25) is 5.78 Å². The fraction of sp³-hybridized carbons (Fsp3) is 0.579. The number of nitrogens with zero attached hydrogens (tertiary/aromatic N) is 2. The number of carboxylic acids is 1. The molecule has 0 bridgehead atoms. The fourth-order valence-electron chi connectivity index (χ4n) is 3.30. The highest BCUT2D eigenvalue weighted by molar-refractivity contribution is 6.35.